The fourth-order valence-electron chi connectivity index (χ4n) is 3.38. The number of likely N-dealkylation sites (N-methyl/N-ethyl adjacent to an activating group) is 1. The van der Waals surface area contributed by atoms with E-state index in [-0.39, 0.29) is 11.7 Å². The lowest BCUT2D eigenvalue weighted by atomic mass is 10.2. The second kappa shape index (κ2) is 8.00. The van der Waals surface area contributed by atoms with Crippen LogP contribution in [0.2, 0.25) is 0 Å². The van der Waals surface area contributed by atoms with Crippen LogP contribution in [0.4, 0.5) is 5.82 Å². The van der Waals surface area contributed by atoms with Gasteiger partial charge in [-0.15, -0.1) is 0 Å². The first-order valence-electron chi connectivity index (χ1n) is 9.27. The summed E-state index contributed by atoms with van der Waals surface area (Å²) in [6.45, 7) is 6.34. The molecular weight excluding hydrogens is 340 g/mol. The van der Waals surface area contributed by atoms with Gasteiger partial charge in [0.15, 0.2) is 0 Å². The van der Waals surface area contributed by atoms with Gasteiger partial charge in [0.1, 0.15) is 5.82 Å². The second-order valence-corrected chi connectivity index (χ2v) is 7.45. The molecule has 1 saturated heterocycles. The summed E-state index contributed by atoms with van der Waals surface area (Å²) in [6.07, 6.45) is 4.56. The summed E-state index contributed by atoms with van der Waals surface area (Å²) in [5.74, 6) is 0.977. The number of aromatic nitrogens is 3. The lowest BCUT2D eigenvalue weighted by molar-refractivity contribution is 0.0772. The molecule has 0 radical (unpaired) electrons. The van der Waals surface area contributed by atoms with Crippen molar-refractivity contribution in [3.63, 3.8) is 0 Å². The monoisotopic (exact) mass is 368 g/mol. The van der Waals surface area contributed by atoms with Crippen molar-refractivity contribution in [1.29, 1.82) is 0 Å². The van der Waals surface area contributed by atoms with Gasteiger partial charge in [0.2, 0.25) is 5.82 Å². The Balaban J connectivity index is 1.82. The number of pyridine rings is 1. The van der Waals surface area contributed by atoms with Gasteiger partial charge >= 0.3 is 0 Å². The van der Waals surface area contributed by atoms with Gasteiger partial charge in [0, 0.05) is 56.4 Å². The highest BCUT2D eigenvalue weighted by Crippen LogP contribution is 2.25. The third kappa shape index (κ3) is 4.24. The summed E-state index contributed by atoms with van der Waals surface area (Å²) in [5.41, 5.74) is 2.93. The van der Waals surface area contributed by atoms with Crippen LogP contribution < -0.4 is 4.90 Å². The van der Waals surface area contributed by atoms with Crippen LogP contribution in [0.3, 0.4) is 0 Å². The number of anilines is 1. The van der Waals surface area contributed by atoms with E-state index in [1.807, 2.05) is 26.0 Å². The predicted molar refractivity (Wildman–Crippen MR) is 106 cm³/mol. The maximum atomic E-state index is 12.9. The summed E-state index contributed by atoms with van der Waals surface area (Å²) in [5, 5.41) is 0. The molecule has 0 aliphatic carbocycles. The van der Waals surface area contributed by atoms with Crippen molar-refractivity contribution in [3.05, 3.63) is 47.2 Å². The maximum Gasteiger partial charge on any atom is 0.291 e. The van der Waals surface area contributed by atoms with Crippen molar-refractivity contribution in [2.45, 2.75) is 32.9 Å². The van der Waals surface area contributed by atoms with Crippen molar-refractivity contribution in [2.75, 3.05) is 39.1 Å². The molecule has 0 spiro atoms. The molecule has 0 saturated carbocycles. The highest BCUT2D eigenvalue weighted by atomic mass is 16.2. The Kier molecular flexibility index (Phi) is 5.70. The summed E-state index contributed by atoms with van der Waals surface area (Å²) in [7, 11) is 5.99. The van der Waals surface area contributed by atoms with E-state index in [9.17, 15) is 4.79 Å². The molecule has 1 amide bonds. The van der Waals surface area contributed by atoms with Gasteiger partial charge in [0.25, 0.3) is 5.91 Å². The normalized spacial score (nSPS) is 16.8. The summed E-state index contributed by atoms with van der Waals surface area (Å²) in [6, 6.07) is 4.32. The molecule has 0 unspecified atom stereocenters. The lowest BCUT2D eigenvalue weighted by Crippen LogP contribution is -2.33. The number of carbonyl (C=O) groups excluding carboxylic acids is 1. The molecule has 2 aromatic rings. The molecule has 7 heteroatoms. The van der Waals surface area contributed by atoms with Crippen LogP contribution in [0.1, 0.15) is 33.9 Å². The third-order valence-electron chi connectivity index (χ3n) is 5.26. The summed E-state index contributed by atoms with van der Waals surface area (Å²) >= 11 is 0. The molecular formula is C20H28N6O. The van der Waals surface area contributed by atoms with Gasteiger partial charge in [-0.05, 0) is 52.1 Å². The smallest absolute Gasteiger partial charge is 0.291 e. The van der Waals surface area contributed by atoms with Crippen molar-refractivity contribution >= 4 is 11.7 Å². The van der Waals surface area contributed by atoms with E-state index >= 15 is 0 Å². The molecule has 144 valence electrons. The number of hydrogen-bond donors (Lipinski definition) is 0. The molecule has 27 heavy (non-hydrogen) atoms. The molecule has 1 aliphatic heterocycles. The standard InChI is InChI=1S/C20H28N6O/c1-14-15(2)22-18(20(27)25(5)12-16-6-9-21-10-7-16)23-19(14)26-11-8-17(13-26)24(3)4/h6-7,9-10,17H,8,11-13H2,1-5H3/t17-/m1/s1. The van der Waals surface area contributed by atoms with Crippen LogP contribution in [0.5, 0.6) is 0 Å². The average molecular weight is 368 g/mol. The van der Waals surface area contributed by atoms with Crippen molar-refractivity contribution in [1.82, 2.24) is 24.8 Å². The fourth-order valence-corrected chi connectivity index (χ4v) is 3.38. The Morgan fingerprint density at radius 3 is 2.52 bits per heavy atom. The van der Waals surface area contributed by atoms with E-state index in [2.05, 4.69) is 38.8 Å². The molecule has 1 aliphatic rings. The number of aryl methyl sites for hydroxylation is 1. The van der Waals surface area contributed by atoms with Gasteiger partial charge in [-0.3, -0.25) is 9.78 Å². The zero-order valence-electron chi connectivity index (χ0n) is 16.8. The minimum atomic E-state index is -0.167. The van der Waals surface area contributed by atoms with E-state index < -0.39 is 0 Å². The van der Waals surface area contributed by atoms with E-state index in [0.29, 0.717) is 12.6 Å². The van der Waals surface area contributed by atoms with E-state index in [4.69, 9.17) is 0 Å². The number of nitrogens with zero attached hydrogens (tertiary/aromatic N) is 6. The Labute approximate surface area is 161 Å². The van der Waals surface area contributed by atoms with E-state index in [1.54, 1.807) is 24.3 Å². The summed E-state index contributed by atoms with van der Waals surface area (Å²) < 4.78 is 0. The zero-order chi connectivity index (χ0) is 19.6. The quantitative estimate of drug-likeness (QED) is 0.803. The van der Waals surface area contributed by atoms with Crippen LogP contribution >= 0.6 is 0 Å². The molecule has 2 aromatic heterocycles. The van der Waals surface area contributed by atoms with E-state index in [1.165, 1.54) is 0 Å². The van der Waals surface area contributed by atoms with Crippen LogP contribution in [0.15, 0.2) is 24.5 Å². The predicted octanol–water partition coefficient (Wildman–Crippen LogP) is 1.90. The van der Waals surface area contributed by atoms with Crippen molar-refractivity contribution < 1.29 is 4.79 Å². The van der Waals surface area contributed by atoms with Crippen molar-refractivity contribution in [2.24, 2.45) is 0 Å². The van der Waals surface area contributed by atoms with Gasteiger partial charge in [-0.2, -0.15) is 0 Å². The topological polar surface area (TPSA) is 65.5 Å². The van der Waals surface area contributed by atoms with Crippen LogP contribution in [0, 0.1) is 13.8 Å². The maximum absolute atomic E-state index is 12.9. The molecule has 3 rings (SSSR count). The average Bonchev–Trinajstić information content (AvgIpc) is 3.14. The first-order valence-corrected chi connectivity index (χ1v) is 9.27. The largest absolute Gasteiger partial charge is 0.355 e. The molecule has 1 fully saturated rings. The van der Waals surface area contributed by atoms with Gasteiger partial charge < -0.3 is 14.7 Å². The molecule has 0 bridgehead atoms. The van der Waals surface area contributed by atoms with Crippen LogP contribution in [0.25, 0.3) is 0 Å². The lowest BCUT2D eigenvalue weighted by Gasteiger charge is -2.24. The van der Waals surface area contributed by atoms with Gasteiger partial charge in [0.05, 0.1) is 0 Å². The molecule has 1 atom stereocenters. The van der Waals surface area contributed by atoms with Gasteiger partial charge in [-0.25, -0.2) is 9.97 Å². The van der Waals surface area contributed by atoms with Crippen LogP contribution in [-0.4, -0.2) is 70.9 Å². The molecule has 3 heterocycles. The first-order chi connectivity index (χ1) is 12.9. The summed E-state index contributed by atoms with van der Waals surface area (Å²) in [4.78, 5) is 32.2. The number of amides is 1. The Bertz CT molecular complexity index is 808. The Morgan fingerprint density at radius 1 is 1.19 bits per heavy atom. The second-order valence-electron chi connectivity index (χ2n) is 7.45. The highest BCUT2D eigenvalue weighted by Gasteiger charge is 2.28. The minimum absolute atomic E-state index is 0.167. The number of carbonyl (C=O) groups is 1. The van der Waals surface area contributed by atoms with E-state index in [0.717, 1.165) is 42.1 Å². The number of hydrogen-bond acceptors (Lipinski definition) is 6. The first kappa shape index (κ1) is 19.2. The third-order valence-corrected chi connectivity index (χ3v) is 5.26. The molecule has 0 N–H and O–H groups in total. The van der Waals surface area contributed by atoms with Gasteiger partial charge in [-0.1, -0.05) is 0 Å². The Morgan fingerprint density at radius 2 is 1.89 bits per heavy atom. The fraction of sp³-hybridized carbons (Fsp3) is 0.500. The molecule has 0 aromatic carbocycles. The Hall–Kier alpha value is -2.54. The zero-order valence-corrected chi connectivity index (χ0v) is 16.8. The van der Waals surface area contributed by atoms with Crippen molar-refractivity contribution in [3.8, 4) is 0 Å². The highest BCUT2D eigenvalue weighted by molar-refractivity contribution is 5.90. The molecule has 7 nitrogen and oxygen atoms in total. The minimum Gasteiger partial charge on any atom is -0.355 e. The number of rotatable bonds is 5. The SMILES string of the molecule is Cc1nc(C(=O)N(C)Cc2ccncc2)nc(N2CC[C@@H](N(C)C)C2)c1C. The van der Waals surface area contributed by atoms with Crippen LogP contribution in [-0.2, 0) is 6.54 Å².